The number of ether oxygens (including phenoxy) is 2. The van der Waals surface area contributed by atoms with E-state index in [4.69, 9.17) is 15.9 Å². The quantitative estimate of drug-likeness (QED) is 0.626. The van der Waals surface area contributed by atoms with Gasteiger partial charge in [-0.3, -0.25) is 0 Å². The maximum Gasteiger partial charge on any atom is 0.338 e. The molecule has 0 aromatic heterocycles. The molecule has 3 atom stereocenters. The summed E-state index contributed by atoms with van der Waals surface area (Å²) < 4.78 is 11.2. The summed E-state index contributed by atoms with van der Waals surface area (Å²) in [4.78, 5) is 24.3. The maximum absolute atomic E-state index is 12.6. The molecule has 144 valence electrons. The summed E-state index contributed by atoms with van der Waals surface area (Å²) in [5.74, 6) is 0.611. The van der Waals surface area contributed by atoms with E-state index in [9.17, 15) is 19.8 Å². The molecule has 0 bridgehead atoms. The minimum absolute atomic E-state index is 0.0746. The average Bonchev–Trinajstić information content (AvgIpc) is 2.98. The monoisotopic (exact) mass is 380 g/mol. The maximum atomic E-state index is 12.6. The van der Waals surface area contributed by atoms with Gasteiger partial charge in [-0.25, -0.2) is 9.59 Å². The highest BCUT2D eigenvalue weighted by molar-refractivity contribution is 5.91. The van der Waals surface area contributed by atoms with Crippen molar-refractivity contribution >= 4 is 11.9 Å². The van der Waals surface area contributed by atoms with E-state index >= 15 is 0 Å². The summed E-state index contributed by atoms with van der Waals surface area (Å²) in [7, 11) is 0. The van der Waals surface area contributed by atoms with Gasteiger partial charge in [-0.2, -0.15) is 0 Å². The topological polar surface area (TPSA) is 93.1 Å². The molecule has 28 heavy (non-hydrogen) atoms. The van der Waals surface area contributed by atoms with E-state index in [0.29, 0.717) is 5.56 Å². The van der Waals surface area contributed by atoms with Crippen LogP contribution in [-0.4, -0.2) is 34.5 Å². The van der Waals surface area contributed by atoms with E-state index in [1.165, 1.54) is 6.07 Å². The summed E-state index contributed by atoms with van der Waals surface area (Å²) in [6, 6.07) is 11.4. The van der Waals surface area contributed by atoms with Crippen molar-refractivity contribution in [1.29, 1.82) is 0 Å². The Morgan fingerprint density at radius 1 is 1.18 bits per heavy atom. The van der Waals surface area contributed by atoms with Crippen LogP contribution in [0, 0.1) is 26.2 Å². The Hall–Kier alpha value is -3.14. The van der Waals surface area contributed by atoms with Gasteiger partial charge in [0.15, 0.2) is 18.0 Å². The number of aryl methyl sites for hydroxylation is 2. The fraction of sp³-hybridized carbons (Fsp3) is 0.273. The standard InChI is InChI=1S/C22H20O6/c1-4-22(17-11-14(3)7-10-16(17)20(24)25)18(12-19(23)28-22)27-21(26)15-8-5-13(2)6-9-15/h1,5-11,18-19,23H,12H2,2-3H3,(H,24,25)/t18-,19?,22+/m0/s1. The second kappa shape index (κ2) is 7.47. The molecule has 0 amide bonds. The predicted molar refractivity (Wildman–Crippen MR) is 101 cm³/mol. The van der Waals surface area contributed by atoms with Crippen molar-refractivity contribution in [2.24, 2.45) is 0 Å². The van der Waals surface area contributed by atoms with Crippen LogP contribution in [-0.2, 0) is 15.1 Å². The number of aromatic carboxylic acids is 1. The van der Waals surface area contributed by atoms with Crippen LogP contribution in [0.2, 0.25) is 0 Å². The Bertz CT molecular complexity index is 956. The number of benzene rings is 2. The molecule has 3 rings (SSSR count). The van der Waals surface area contributed by atoms with Gasteiger partial charge in [0, 0.05) is 12.0 Å². The van der Waals surface area contributed by atoms with Crippen molar-refractivity contribution in [3.63, 3.8) is 0 Å². The molecular formula is C22H20O6. The second-order valence-corrected chi connectivity index (χ2v) is 6.80. The Morgan fingerprint density at radius 2 is 1.82 bits per heavy atom. The van der Waals surface area contributed by atoms with Crippen molar-refractivity contribution < 1.29 is 29.3 Å². The first-order valence-corrected chi connectivity index (χ1v) is 8.72. The van der Waals surface area contributed by atoms with Crippen LogP contribution >= 0.6 is 0 Å². The van der Waals surface area contributed by atoms with Gasteiger partial charge in [0.1, 0.15) is 0 Å². The number of carbonyl (C=O) groups excluding carboxylic acids is 1. The number of carboxylic acid groups (broad SMARTS) is 1. The van der Waals surface area contributed by atoms with Gasteiger partial charge in [-0.1, -0.05) is 41.3 Å². The Labute approximate surface area is 162 Å². The fourth-order valence-corrected chi connectivity index (χ4v) is 3.30. The van der Waals surface area contributed by atoms with Crippen molar-refractivity contribution in [2.45, 2.75) is 38.3 Å². The lowest BCUT2D eigenvalue weighted by molar-refractivity contribution is -0.129. The number of carboxylic acids is 1. The van der Waals surface area contributed by atoms with Crippen LogP contribution in [0.1, 0.15) is 43.8 Å². The lowest BCUT2D eigenvalue weighted by atomic mass is 9.84. The highest BCUT2D eigenvalue weighted by Gasteiger charge is 2.52. The van der Waals surface area contributed by atoms with E-state index in [1.54, 1.807) is 43.3 Å². The Morgan fingerprint density at radius 3 is 2.43 bits per heavy atom. The minimum atomic E-state index is -1.71. The largest absolute Gasteiger partial charge is 0.478 e. The van der Waals surface area contributed by atoms with Crippen molar-refractivity contribution in [3.8, 4) is 12.3 Å². The van der Waals surface area contributed by atoms with Gasteiger partial charge in [0.25, 0.3) is 0 Å². The third kappa shape index (κ3) is 3.50. The lowest BCUT2D eigenvalue weighted by Gasteiger charge is -2.30. The molecule has 6 nitrogen and oxygen atoms in total. The Balaban J connectivity index is 2.03. The molecule has 0 aliphatic carbocycles. The van der Waals surface area contributed by atoms with Crippen molar-refractivity contribution in [1.82, 2.24) is 0 Å². The number of hydrogen-bond acceptors (Lipinski definition) is 5. The average molecular weight is 380 g/mol. The van der Waals surface area contributed by atoms with Gasteiger partial charge in [-0.15, -0.1) is 6.42 Å². The number of esters is 1. The van der Waals surface area contributed by atoms with Crippen LogP contribution in [0.4, 0.5) is 0 Å². The van der Waals surface area contributed by atoms with Crippen molar-refractivity contribution in [3.05, 3.63) is 70.3 Å². The van der Waals surface area contributed by atoms with Crippen LogP contribution in [0.25, 0.3) is 0 Å². The normalized spacial score (nSPS) is 23.8. The van der Waals surface area contributed by atoms with Gasteiger partial charge in [0.2, 0.25) is 0 Å². The molecule has 1 aliphatic rings. The number of terminal acetylenes is 1. The second-order valence-electron chi connectivity index (χ2n) is 6.80. The molecule has 0 radical (unpaired) electrons. The Kier molecular flexibility index (Phi) is 5.23. The van der Waals surface area contributed by atoms with Crippen LogP contribution in [0.5, 0.6) is 0 Å². The third-order valence-corrected chi connectivity index (χ3v) is 4.75. The molecule has 6 heteroatoms. The number of rotatable bonds is 4. The molecule has 0 spiro atoms. The summed E-state index contributed by atoms with van der Waals surface area (Å²) in [6.07, 6.45) is 3.31. The van der Waals surface area contributed by atoms with Crippen LogP contribution in [0.3, 0.4) is 0 Å². The molecule has 1 aliphatic heterocycles. The van der Waals surface area contributed by atoms with E-state index in [-0.39, 0.29) is 17.5 Å². The first-order valence-electron chi connectivity index (χ1n) is 8.72. The van der Waals surface area contributed by atoms with E-state index in [1.807, 2.05) is 6.92 Å². The highest BCUT2D eigenvalue weighted by Crippen LogP contribution is 2.42. The molecule has 1 saturated heterocycles. The van der Waals surface area contributed by atoms with Crippen molar-refractivity contribution in [2.75, 3.05) is 0 Å². The van der Waals surface area contributed by atoms with Crippen LogP contribution < -0.4 is 0 Å². The molecule has 0 saturated carbocycles. The molecule has 1 fully saturated rings. The summed E-state index contributed by atoms with van der Waals surface area (Å²) in [5.41, 5.74) is 0.443. The number of carbonyl (C=O) groups is 2. The summed E-state index contributed by atoms with van der Waals surface area (Å²) >= 11 is 0. The van der Waals surface area contributed by atoms with E-state index in [0.717, 1.165) is 11.1 Å². The zero-order chi connectivity index (χ0) is 20.5. The SMILES string of the molecule is C#C[C@]1(c2cc(C)ccc2C(=O)O)OC(O)C[C@@H]1OC(=O)c1ccc(C)cc1. The van der Waals surface area contributed by atoms with Gasteiger partial charge < -0.3 is 19.7 Å². The number of hydrogen-bond donors (Lipinski definition) is 2. The molecule has 2 aromatic rings. The molecular weight excluding hydrogens is 360 g/mol. The first-order chi connectivity index (χ1) is 13.3. The zero-order valence-electron chi connectivity index (χ0n) is 15.5. The predicted octanol–water partition coefficient (Wildman–Crippen LogP) is 2.79. The third-order valence-electron chi connectivity index (χ3n) is 4.75. The summed E-state index contributed by atoms with van der Waals surface area (Å²) in [5, 5.41) is 19.7. The molecule has 1 heterocycles. The van der Waals surface area contributed by atoms with Gasteiger partial charge in [0.05, 0.1) is 11.1 Å². The molecule has 1 unspecified atom stereocenters. The first kappa shape index (κ1) is 19.6. The summed E-state index contributed by atoms with van der Waals surface area (Å²) in [6.45, 7) is 3.67. The minimum Gasteiger partial charge on any atom is -0.478 e. The highest BCUT2D eigenvalue weighted by atomic mass is 16.7. The fourth-order valence-electron chi connectivity index (χ4n) is 3.30. The van der Waals surface area contributed by atoms with Crippen LogP contribution in [0.15, 0.2) is 42.5 Å². The molecule has 2 aromatic carbocycles. The zero-order valence-corrected chi connectivity index (χ0v) is 15.5. The molecule has 2 N–H and O–H groups in total. The lowest BCUT2D eigenvalue weighted by Crippen LogP contribution is -2.39. The van der Waals surface area contributed by atoms with E-state index < -0.39 is 29.9 Å². The van der Waals surface area contributed by atoms with Gasteiger partial charge >= 0.3 is 11.9 Å². The number of aliphatic hydroxyl groups is 1. The van der Waals surface area contributed by atoms with E-state index in [2.05, 4.69) is 5.92 Å². The smallest absolute Gasteiger partial charge is 0.338 e. The van der Waals surface area contributed by atoms with Gasteiger partial charge in [-0.05, 0) is 32.0 Å². The number of aliphatic hydroxyl groups excluding tert-OH is 1.